The summed E-state index contributed by atoms with van der Waals surface area (Å²) in [6, 6.07) is 0. The highest BCUT2D eigenvalue weighted by Gasteiger charge is 2.35. The highest BCUT2D eigenvalue weighted by atomic mass is 19.3. The Bertz CT molecular complexity index is 672. The lowest BCUT2D eigenvalue weighted by molar-refractivity contribution is -0.132. The molecule has 0 atom stereocenters. The van der Waals surface area contributed by atoms with E-state index in [0.29, 0.717) is 6.42 Å². The topological polar surface area (TPSA) is 89.5 Å². The number of rotatable bonds is 10. The fourth-order valence-electron chi connectivity index (χ4n) is 2.25. The Hall–Kier alpha value is -2.71. The predicted octanol–water partition coefficient (Wildman–Crippen LogP) is 3.64. The first-order chi connectivity index (χ1) is 12.8. The summed E-state index contributed by atoms with van der Waals surface area (Å²) in [5.74, 6) is -2.75. The molecular weight excluding hydrogens is 363 g/mol. The number of ether oxygens (including phenoxy) is 5. The van der Waals surface area contributed by atoms with E-state index in [9.17, 15) is 14.1 Å². The molecule has 1 aromatic rings. The molecule has 8 nitrogen and oxygen atoms in total. The first-order valence-electron chi connectivity index (χ1n) is 8.53. The lowest BCUT2D eigenvalue weighted by Crippen LogP contribution is -2.16. The molecule has 0 heterocycles. The molecule has 27 heavy (non-hydrogen) atoms. The summed E-state index contributed by atoms with van der Waals surface area (Å²) in [6.45, 7) is 8.64. The van der Waals surface area contributed by atoms with Crippen LogP contribution in [0.4, 0.5) is 4.53 Å². The van der Waals surface area contributed by atoms with E-state index >= 15 is 0 Å². The molecule has 0 aromatic heterocycles. The Labute approximate surface area is 157 Å². The highest BCUT2D eigenvalue weighted by molar-refractivity contribution is 6.00. The Morgan fingerprint density at radius 1 is 1.00 bits per heavy atom. The number of halogens is 1. The summed E-state index contributed by atoms with van der Waals surface area (Å²) in [7, 11) is 1.25. The largest absolute Gasteiger partial charge is 0.492 e. The van der Waals surface area contributed by atoms with E-state index in [2.05, 4.69) is 4.94 Å². The minimum Gasteiger partial charge on any atom is -0.492 e. The third-order valence-corrected chi connectivity index (χ3v) is 3.10. The van der Waals surface area contributed by atoms with Crippen molar-refractivity contribution in [3.63, 3.8) is 0 Å². The van der Waals surface area contributed by atoms with E-state index in [0.717, 1.165) is 6.92 Å². The Balaban J connectivity index is 3.96. The maximum Gasteiger partial charge on any atom is 0.387 e. The zero-order chi connectivity index (χ0) is 20.6. The van der Waals surface area contributed by atoms with Gasteiger partial charge in [-0.15, -0.1) is 0 Å². The standard InChI is InChI=1S/C18H25FO8/c1-7-9-24-16-15(23-8-2)13(22-6)12(18(21)27-19)14(26-11(5)20)17(16)25-10(3)4/h10H,7-9H2,1-6H3. The molecule has 0 unspecified atom stereocenters. The summed E-state index contributed by atoms with van der Waals surface area (Å²) in [4.78, 5) is 27.1. The molecule has 0 saturated heterocycles. The Morgan fingerprint density at radius 3 is 2.07 bits per heavy atom. The smallest absolute Gasteiger partial charge is 0.387 e. The number of esters is 1. The van der Waals surface area contributed by atoms with Gasteiger partial charge in [0.25, 0.3) is 0 Å². The van der Waals surface area contributed by atoms with E-state index in [1.54, 1.807) is 20.8 Å². The van der Waals surface area contributed by atoms with Crippen molar-refractivity contribution in [2.24, 2.45) is 0 Å². The number of hydrogen-bond acceptors (Lipinski definition) is 8. The summed E-state index contributed by atoms with van der Waals surface area (Å²) in [5.41, 5.74) is -0.488. The first-order valence-corrected chi connectivity index (χ1v) is 8.53. The normalized spacial score (nSPS) is 10.4. The molecule has 9 heteroatoms. The van der Waals surface area contributed by atoms with E-state index < -0.39 is 17.5 Å². The molecule has 0 aliphatic heterocycles. The monoisotopic (exact) mass is 388 g/mol. The van der Waals surface area contributed by atoms with Crippen LogP contribution >= 0.6 is 0 Å². The van der Waals surface area contributed by atoms with Gasteiger partial charge in [0.1, 0.15) is 0 Å². The fourth-order valence-corrected chi connectivity index (χ4v) is 2.25. The number of methoxy groups -OCH3 is 1. The number of carbonyl (C=O) groups is 2. The molecule has 0 spiro atoms. The Morgan fingerprint density at radius 2 is 1.63 bits per heavy atom. The SMILES string of the molecule is CCCOc1c(OCC)c(OC)c(C(=O)OF)c(OC(C)=O)c1OC(C)C. The minimum atomic E-state index is -1.43. The molecule has 0 fully saturated rings. The van der Waals surface area contributed by atoms with Crippen LogP contribution in [-0.2, 0) is 9.74 Å². The number of carbonyl (C=O) groups excluding carboxylic acids is 2. The van der Waals surface area contributed by atoms with Gasteiger partial charge in [0.05, 0.1) is 26.4 Å². The zero-order valence-electron chi connectivity index (χ0n) is 16.3. The molecule has 0 amide bonds. The van der Waals surface area contributed by atoms with Crippen molar-refractivity contribution >= 4 is 11.9 Å². The second kappa shape index (κ2) is 10.4. The van der Waals surface area contributed by atoms with Gasteiger partial charge in [-0.2, -0.15) is 0 Å². The van der Waals surface area contributed by atoms with Gasteiger partial charge < -0.3 is 23.7 Å². The maximum absolute atomic E-state index is 12.8. The molecular formula is C18H25FO8. The summed E-state index contributed by atoms with van der Waals surface area (Å²) < 4.78 is 40.2. The minimum absolute atomic E-state index is 0.0143. The molecule has 0 bridgehead atoms. The lowest BCUT2D eigenvalue weighted by Gasteiger charge is -2.24. The van der Waals surface area contributed by atoms with Gasteiger partial charge in [-0.3, -0.25) is 4.79 Å². The van der Waals surface area contributed by atoms with Crippen LogP contribution in [0.25, 0.3) is 0 Å². The van der Waals surface area contributed by atoms with Crippen LogP contribution in [0.1, 0.15) is 51.4 Å². The highest BCUT2D eigenvalue weighted by Crippen LogP contribution is 2.54. The summed E-state index contributed by atoms with van der Waals surface area (Å²) in [6.07, 6.45) is 0.270. The Kier molecular flexibility index (Phi) is 8.64. The van der Waals surface area contributed by atoms with Crippen LogP contribution in [0, 0.1) is 0 Å². The molecule has 0 saturated carbocycles. The lowest BCUT2D eigenvalue weighted by atomic mass is 10.1. The van der Waals surface area contributed by atoms with Gasteiger partial charge in [-0.1, -0.05) is 6.92 Å². The average molecular weight is 388 g/mol. The van der Waals surface area contributed by atoms with Crippen LogP contribution in [0.5, 0.6) is 28.7 Å². The first kappa shape index (κ1) is 22.3. The van der Waals surface area contributed by atoms with Crippen molar-refractivity contribution in [3.05, 3.63) is 5.56 Å². The van der Waals surface area contributed by atoms with Crippen LogP contribution in [-0.4, -0.2) is 38.4 Å². The third kappa shape index (κ3) is 5.38. The third-order valence-electron chi connectivity index (χ3n) is 3.10. The van der Waals surface area contributed by atoms with Gasteiger partial charge >= 0.3 is 11.9 Å². The van der Waals surface area contributed by atoms with Gasteiger partial charge in [0.2, 0.25) is 17.2 Å². The van der Waals surface area contributed by atoms with Gasteiger partial charge in [-0.25, -0.2) is 9.74 Å². The average Bonchev–Trinajstić information content (AvgIpc) is 2.61. The number of hydrogen-bond donors (Lipinski definition) is 0. The molecule has 0 aliphatic carbocycles. The zero-order valence-corrected chi connectivity index (χ0v) is 16.3. The second-order valence-electron chi connectivity index (χ2n) is 5.63. The summed E-state index contributed by atoms with van der Waals surface area (Å²) in [5, 5.41) is 0. The molecule has 1 aromatic carbocycles. The van der Waals surface area contributed by atoms with E-state index in [1.807, 2.05) is 6.92 Å². The predicted molar refractivity (Wildman–Crippen MR) is 93.5 cm³/mol. The van der Waals surface area contributed by atoms with Crippen LogP contribution < -0.4 is 23.7 Å². The van der Waals surface area contributed by atoms with Gasteiger partial charge in [0, 0.05) is 11.4 Å². The van der Waals surface area contributed by atoms with Crippen molar-refractivity contribution in [1.82, 2.24) is 0 Å². The molecule has 0 radical (unpaired) electrons. The van der Waals surface area contributed by atoms with Gasteiger partial charge in [-0.05, 0) is 27.2 Å². The van der Waals surface area contributed by atoms with Crippen LogP contribution in [0.2, 0.25) is 0 Å². The fraction of sp³-hybridized carbons (Fsp3) is 0.556. The van der Waals surface area contributed by atoms with Gasteiger partial charge in [0.15, 0.2) is 17.1 Å². The number of benzene rings is 1. The molecule has 0 N–H and O–H groups in total. The summed E-state index contributed by atoms with van der Waals surface area (Å²) >= 11 is 0. The van der Waals surface area contributed by atoms with E-state index in [1.165, 1.54) is 7.11 Å². The molecule has 0 aliphatic rings. The van der Waals surface area contributed by atoms with Crippen LogP contribution in [0.15, 0.2) is 0 Å². The maximum atomic E-state index is 12.8. The molecule has 152 valence electrons. The van der Waals surface area contributed by atoms with E-state index in [-0.39, 0.29) is 48.1 Å². The quantitative estimate of drug-likeness (QED) is 0.443. The van der Waals surface area contributed by atoms with Crippen molar-refractivity contribution in [2.45, 2.75) is 47.1 Å². The van der Waals surface area contributed by atoms with Crippen molar-refractivity contribution < 1.29 is 42.7 Å². The van der Waals surface area contributed by atoms with Crippen molar-refractivity contribution in [2.75, 3.05) is 20.3 Å². The van der Waals surface area contributed by atoms with Crippen molar-refractivity contribution in [3.8, 4) is 28.7 Å². The van der Waals surface area contributed by atoms with E-state index in [4.69, 9.17) is 23.7 Å². The molecule has 1 rings (SSSR count). The van der Waals surface area contributed by atoms with Crippen molar-refractivity contribution in [1.29, 1.82) is 0 Å². The van der Waals surface area contributed by atoms with Crippen LogP contribution in [0.3, 0.4) is 0 Å². The second-order valence-corrected chi connectivity index (χ2v) is 5.63.